The summed E-state index contributed by atoms with van der Waals surface area (Å²) in [6.45, 7) is 4.79. The molecular formula is C20H21N5O4. The molecule has 29 heavy (non-hydrogen) atoms. The summed E-state index contributed by atoms with van der Waals surface area (Å²) >= 11 is 0. The zero-order chi connectivity index (χ0) is 21.1. The summed E-state index contributed by atoms with van der Waals surface area (Å²) in [6.07, 6.45) is 0. The Balaban J connectivity index is 1.73. The number of likely N-dealkylation sites (N-methyl/N-ethyl adjacent to an activating group) is 1. The molecule has 0 aliphatic heterocycles. The molecule has 0 unspecified atom stereocenters. The molecule has 150 valence electrons. The summed E-state index contributed by atoms with van der Waals surface area (Å²) in [5.41, 5.74) is 2.03. The minimum Gasteiger partial charge on any atom is -0.360 e. The van der Waals surface area contributed by atoms with E-state index in [9.17, 15) is 14.4 Å². The van der Waals surface area contributed by atoms with Gasteiger partial charge in [-0.05, 0) is 32.9 Å². The molecular weight excluding hydrogens is 374 g/mol. The van der Waals surface area contributed by atoms with E-state index in [4.69, 9.17) is 4.52 Å². The molecule has 0 bridgehead atoms. The van der Waals surface area contributed by atoms with E-state index in [1.165, 1.54) is 7.05 Å². The summed E-state index contributed by atoms with van der Waals surface area (Å²) in [5, 5.41) is 10.6. The number of rotatable bonds is 6. The van der Waals surface area contributed by atoms with Crippen LogP contribution >= 0.6 is 0 Å². The van der Waals surface area contributed by atoms with Gasteiger partial charge in [-0.3, -0.25) is 14.4 Å². The van der Waals surface area contributed by atoms with E-state index in [-0.39, 0.29) is 17.9 Å². The lowest BCUT2D eigenvalue weighted by molar-refractivity contribution is -0.129. The summed E-state index contributed by atoms with van der Waals surface area (Å²) in [5.74, 6) is -1.21. The van der Waals surface area contributed by atoms with Crippen molar-refractivity contribution in [3.05, 3.63) is 59.1 Å². The number of benzene rings is 1. The first-order chi connectivity index (χ1) is 13.8. The SMILES string of the molecule is Cc1cc(NC(=O)CN(C)C(=O)C(=O)c2c(C)nn(-c3ccccc3)c2C)no1. The van der Waals surface area contributed by atoms with Crippen molar-refractivity contribution >= 4 is 23.4 Å². The van der Waals surface area contributed by atoms with E-state index in [0.717, 1.165) is 10.6 Å². The molecule has 1 N–H and O–H groups in total. The normalized spacial score (nSPS) is 10.6. The molecule has 3 aromatic rings. The van der Waals surface area contributed by atoms with Crippen LogP contribution in [-0.2, 0) is 9.59 Å². The van der Waals surface area contributed by atoms with Crippen LogP contribution < -0.4 is 5.32 Å². The molecule has 9 heteroatoms. The number of anilines is 1. The number of nitrogens with one attached hydrogen (secondary N) is 1. The maximum Gasteiger partial charge on any atom is 0.295 e. The maximum atomic E-state index is 12.8. The number of nitrogens with zero attached hydrogens (tertiary/aromatic N) is 4. The predicted molar refractivity (Wildman–Crippen MR) is 105 cm³/mol. The van der Waals surface area contributed by atoms with Crippen molar-refractivity contribution in [3.63, 3.8) is 0 Å². The van der Waals surface area contributed by atoms with Crippen molar-refractivity contribution in [1.82, 2.24) is 19.8 Å². The number of para-hydroxylation sites is 1. The Morgan fingerprint density at radius 2 is 1.83 bits per heavy atom. The number of aryl methyl sites for hydroxylation is 2. The Hall–Kier alpha value is -3.75. The van der Waals surface area contributed by atoms with Crippen LogP contribution in [0.1, 0.15) is 27.5 Å². The Labute approximate surface area is 167 Å². The van der Waals surface area contributed by atoms with Crippen molar-refractivity contribution in [2.24, 2.45) is 0 Å². The summed E-state index contributed by atoms with van der Waals surface area (Å²) in [4.78, 5) is 38.6. The molecule has 0 saturated heterocycles. The monoisotopic (exact) mass is 395 g/mol. The average molecular weight is 395 g/mol. The molecule has 3 rings (SSSR count). The Kier molecular flexibility index (Phi) is 5.58. The first-order valence-electron chi connectivity index (χ1n) is 8.92. The van der Waals surface area contributed by atoms with Gasteiger partial charge in [0.1, 0.15) is 12.3 Å². The Morgan fingerprint density at radius 3 is 2.45 bits per heavy atom. The number of hydrogen-bond acceptors (Lipinski definition) is 6. The molecule has 2 amide bonds. The van der Waals surface area contributed by atoms with Crippen LogP contribution in [0.4, 0.5) is 5.82 Å². The summed E-state index contributed by atoms with van der Waals surface area (Å²) < 4.78 is 6.49. The van der Waals surface area contributed by atoms with E-state index in [0.29, 0.717) is 17.1 Å². The van der Waals surface area contributed by atoms with Crippen LogP contribution in [0.3, 0.4) is 0 Å². The van der Waals surface area contributed by atoms with Gasteiger partial charge in [0.05, 0.1) is 22.6 Å². The fraction of sp³-hybridized carbons (Fsp3) is 0.250. The number of carbonyl (C=O) groups excluding carboxylic acids is 3. The number of hydrogen-bond donors (Lipinski definition) is 1. The third kappa shape index (κ3) is 4.23. The van der Waals surface area contributed by atoms with Gasteiger partial charge in [-0.1, -0.05) is 23.4 Å². The third-order valence-electron chi connectivity index (χ3n) is 4.34. The number of ketones is 1. The number of carbonyl (C=O) groups is 3. The molecule has 0 atom stereocenters. The topological polar surface area (TPSA) is 110 Å². The largest absolute Gasteiger partial charge is 0.360 e. The molecule has 2 aromatic heterocycles. The predicted octanol–water partition coefficient (Wildman–Crippen LogP) is 2.07. The van der Waals surface area contributed by atoms with E-state index < -0.39 is 17.6 Å². The van der Waals surface area contributed by atoms with Gasteiger partial charge in [0, 0.05) is 13.1 Å². The molecule has 0 aliphatic carbocycles. The number of amides is 2. The number of Topliss-reactive ketones (excluding diaryl/α,β-unsaturated/α-hetero) is 1. The average Bonchev–Trinajstić information content (AvgIpc) is 3.23. The quantitative estimate of drug-likeness (QED) is 0.505. The third-order valence-corrected chi connectivity index (χ3v) is 4.34. The molecule has 2 heterocycles. The highest BCUT2D eigenvalue weighted by atomic mass is 16.5. The van der Waals surface area contributed by atoms with Crippen LogP contribution in [-0.4, -0.2) is 51.0 Å². The lowest BCUT2D eigenvalue weighted by Crippen LogP contribution is -2.39. The van der Waals surface area contributed by atoms with Gasteiger partial charge in [-0.2, -0.15) is 5.10 Å². The van der Waals surface area contributed by atoms with Crippen molar-refractivity contribution < 1.29 is 18.9 Å². The highest BCUT2D eigenvalue weighted by Gasteiger charge is 2.28. The molecule has 0 fully saturated rings. The van der Waals surface area contributed by atoms with Gasteiger partial charge < -0.3 is 14.7 Å². The van der Waals surface area contributed by atoms with E-state index in [2.05, 4.69) is 15.6 Å². The van der Waals surface area contributed by atoms with E-state index in [1.807, 2.05) is 30.3 Å². The van der Waals surface area contributed by atoms with Crippen molar-refractivity contribution in [1.29, 1.82) is 0 Å². The van der Waals surface area contributed by atoms with Gasteiger partial charge in [0.25, 0.3) is 11.7 Å². The highest BCUT2D eigenvalue weighted by molar-refractivity contribution is 6.43. The fourth-order valence-electron chi connectivity index (χ4n) is 2.97. The minimum absolute atomic E-state index is 0.234. The molecule has 0 aliphatic rings. The number of aromatic nitrogens is 3. The second-order valence-corrected chi connectivity index (χ2v) is 6.65. The lowest BCUT2D eigenvalue weighted by Gasteiger charge is -2.15. The van der Waals surface area contributed by atoms with Gasteiger partial charge in [0.15, 0.2) is 5.82 Å². The van der Waals surface area contributed by atoms with Crippen molar-refractivity contribution in [2.75, 3.05) is 18.9 Å². The van der Waals surface area contributed by atoms with E-state index >= 15 is 0 Å². The van der Waals surface area contributed by atoms with Gasteiger partial charge in [-0.25, -0.2) is 4.68 Å². The second kappa shape index (κ2) is 8.09. The fourth-order valence-corrected chi connectivity index (χ4v) is 2.97. The Morgan fingerprint density at radius 1 is 1.14 bits per heavy atom. The first kappa shape index (κ1) is 20.0. The zero-order valence-corrected chi connectivity index (χ0v) is 16.6. The lowest BCUT2D eigenvalue weighted by atomic mass is 10.1. The van der Waals surface area contributed by atoms with Crippen molar-refractivity contribution in [3.8, 4) is 5.69 Å². The smallest absolute Gasteiger partial charge is 0.295 e. The summed E-state index contributed by atoms with van der Waals surface area (Å²) in [7, 11) is 1.39. The van der Waals surface area contributed by atoms with Crippen LogP contribution in [0.2, 0.25) is 0 Å². The highest BCUT2D eigenvalue weighted by Crippen LogP contribution is 2.19. The molecule has 0 radical (unpaired) electrons. The van der Waals surface area contributed by atoms with Gasteiger partial charge in [0.2, 0.25) is 5.91 Å². The second-order valence-electron chi connectivity index (χ2n) is 6.65. The zero-order valence-electron chi connectivity index (χ0n) is 16.6. The van der Waals surface area contributed by atoms with Crippen LogP contribution in [0, 0.1) is 20.8 Å². The molecule has 0 saturated carbocycles. The van der Waals surface area contributed by atoms with E-state index in [1.54, 1.807) is 31.5 Å². The standard InChI is InChI=1S/C20H21N5O4/c1-12-10-16(23-29-12)21-17(26)11-24(4)20(28)19(27)18-13(2)22-25(14(18)3)15-8-6-5-7-9-15/h5-10H,11H2,1-4H3,(H,21,23,26). The Bertz CT molecular complexity index is 1070. The van der Waals surface area contributed by atoms with Crippen LogP contribution in [0.5, 0.6) is 0 Å². The maximum absolute atomic E-state index is 12.8. The van der Waals surface area contributed by atoms with Crippen LogP contribution in [0.15, 0.2) is 40.9 Å². The van der Waals surface area contributed by atoms with Crippen LogP contribution in [0.25, 0.3) is 5.69 Å². The minimum atomic E-state index is -0.796. The molecule has 0 spiro atoms. The molecule has 9 nitrogen and oxygen atoms in total. The summed E-state index contributed by atoms with van der Waals surface area (Å²) in [6, 6.07) is 10.9. The van der Waals surface area contributed by atoms with Gasteiger partial charge in [-0.15, -0.1) is 0 Å². The van der Waals surface area contributed by atoms with Crippen molar-refractivity contribution in [2.45, 2.75) is 20.8 Å². The van der Waals surface area contributed by atoms with Gasteiger partial charge >= 0.3 is 0 Å². The first-order valence-corrected chi connectivity index (χ1v) is 8.92. The molecule has 1 aromatic carbocycles.